The highest BCUT2D eigenvalue weighted by Crippen LogP contribution is 2.39. The summed E-state index contributed by atoms with van der Waals surface area (Å²) in [6.45, 7) is 1.34. The predicted molar refractivity (Wildman–Crippen MR) is 212 cm³/mol. The fourth-order valence-corrected chi connectivity index (χ4v) is 6.40. The molecule has 0 fully saturated rings. The minimum absolute atomic E-state index is 0.000217. The molecule has 0 saturated heterocycles. The zero-order valence-electron chi connectivity index (χ0n) is 31.0. The molecular weight excluding hydrogens is 802 g/mol. The molecule has 0 spiro atoms. The summed E-state index contributed by atoms with van der Waals surface area (Å²) in [6, 6.07) is 35.5. The van der Waals surface area contributed by atoms with E-state index >= 15 is 0 Å². The summed E-state index contributed by atoms with van der Waals surface area (Å²) in [5.74, 6) is -2.24. The van der Waals surface area contributed by atoms with Crippen LogP contribution in [0.5, 0.6) is 23.0 Å². The monoisotopic (exact) mass is 840 g/mol. The molecule has 57 heavy (non-hydrogen) atoms. The Bertz CT molecular complexity index is 2290. The lowest BCUT2D eigenvalue weighted by Crippen LogP contribution is -2.17. The Labute approximate surface area is 336 Å². The Morgan fingerprint density at radius 2 is 0.877 bits per heavy atom. The third-order valence-corrected chi connectivity index (χ3v) is 9.58. The molecule has 0 atom stereocenters. The maximum Gasteiger partial charge on any atom is 0.347 e. The first-order valence-electron chi connectivity index (χ1n) is 17.6. The first kappa shape index (κ1) is 42.2. The number of hydrogen-bond acceptors (Lipinski definition) is 9. The second-order valence-electron chi connectivity index (χ2n) is 12.5. The van der Waals surface area contributed by atoms with Crippen molar-refractivity contribution in [2.45, 2.75) is 46.9 Å². The molecular formula is C45H39BrF2O9. The first-order valence-corrected chi connectivity index (χ1v) is 18.4. The molecule has 0 aliphatic heterocycles. The first-order chi connectivity index (χ1) is 27.6. The molecule has 0 aromatic heterocycles. The molecule has 3 N–H and O–H groups in total. The topological polar surface area (TPSA) is 132 Å². The zero-order valence-corrected chi connectivity index (χ0v) is 32.6. The summed E-state index contributed by atoms with van der Waals surface area (Å²) in [5.41, 5.74) is 1.53. The van der Waals surface area contributed by atoms with Gasteiger partial charge in [0.2, 0.25) is 0 Å². The third-order valence-electron chi connectivity index (χ3n) is 8.74. The fraction of sp³-hybridized carbons (Fsp3) is 0.156. The van der Waals surface area contributed by atoms with Gasteiger partial charge in [0.05, 0.1) is 24.3 Å². The van der Waals surface area contributed by atoms with E-state index in [9.17, 15) is 33.7 Å². The molecule has 0 amide bonds. The van der Waals surface area contributed by atoms with Gasteiger partial charge in [-0.05, 0) is 65.2 Å². The highest BCUT2D eigenvalue weighted by molar-refractivity contribution is 9.10. The fourth-order valence-electron chi connectivity index (χ4n) is 5.79. The van der Waals surface area contributed by atoms with Gasteiger partial charge in [0.15, 0.2) is 0 Å². The van der Waals surface area contributed by atoms with Gasteiger partial charge in [-0.3, -0.25) is 0 Å². The highest BCUT2D eigenvalue weighted by Gasteiger charge is 2.29. The predicted octanol–water partition coefficient (Wildman–Crippen LogP) is 9.10. The Hall–Kier alpha value is -5.92. The summed E-state index contributed by atoms with van der Waals surface area (Å²) >= 11 is 3.27. The van der Waals surface area contributed by atoms with E-state index in [1.807, 2.05) is 60.7 Å². The van der Waals surface area contributed by atoms with Crippen LogP contribution in [0.25, 0.3) is 0 Å². The van der Waals surface area contributed by atoms with Gasteiger partial charge < -0.3 is 34.3 Å². The summed E-state index contributed by atoms with van der Waals surface area (Å²) in [6.07, 6.45) is 0. The maximum absolute atomic E-state index is 14.8. The molecule has 0 radical (unpaired) electrons. The number of esters is 2. The Morgan fingerprint density at radius 3 is 1.28 bits per heavy atom. The van der Waals surface area contributed by atoms with Gasteiger partial charge in [-0.1, -0.05) is 97.1 Å². The molecule has 0 bridgehead atoms. The van der Waals surface area contributed by atoms with Crippen LogP contribution in [-0.4, -0.2) is 27.3 Å². The summed E-state index contributed by atoms with van der Waals surface area (Å²) < 4.78 is 52.2. The van der Waals surface area contributed by atoms with Gasteiger partial charge in [0.1, 0.15) is 59.0 Å². The van der Waals surface area contributed by atoms with Crippen molar-refractivity contribution >= 4 is 27.9 Å². The zero-order chi connectivity index (χ0) is 40.9. The number of para-hydroxylation sites is 2. The van der Waals surface area contributed by atoms with Crippen molar-refractivity contribution in [1.82, 2.24) is 0 Å². The molecule has 0 heterocycles. The Kier molecular flexibility index (Phi) is 15.0. The molecule has 294 valence electrons. The number of aliphatic hydroxyl groups is 3. The molecule has 6 aromatic rings. The molecule has 6 rings (SSSR count). The van der Waals surface area contributed by atoms with Crippen LogP contribution in [-0.2, 0) is 33.0 Å². The van der Waals surface area contributed by atoms with Gasteiger partial charge in [-0.15, -0.1) is 0 Å². The van der Waals surface area contributed by atoms with E-state index in [1.54, 1.807) is 60.7 Å². The van der Waals surface area contributed by atoms with Crippen molar-refractivity contribution in [3.8, 4) is 23.0 Å². The molecule has 12 heteroatoms. The average molecular weight is 842 g/mol. The number of aliphatic hydroxyl groups excluding tert-OH is 3. The molecule has 0 aliphatic carbocycles. The van der Waals surface area contributed by atoms with Gasteiger partial charge >= 0.3 is 11.9 Å². The number of rotatable bonds is 13. The van der Waals surface area contributed by atoms with Crippen molar-refractivity contribution in [2.24, 2.45) is 0 Å². The van der Waals surface area contributed by atoms with Crippen LogP contribution >= 0.6 is 15.9 Å². The normalized spacial score (nSPS) is 10.6. The minimum atomic E-state index is -0.810. The molecule has 0 unspecified atom stereocenters. The van der Waals surface area contributed by atoms with Gasteiger partial charge in [-0.2, -0.15) is 0 Å². The number of carbonyl (C=O) groups excluding carboxylic acids is 2. The van der Waals surface area contributed by atoms with Crippen molar-refractivity contribution in [2.75, 3.05) is 0 Å². The quantitative estimate of drug-likeness (QED) is 0.0770. The van der Waals surface area contributed by atoms with E-state index in [0.29, 0.717) is 11.5 Å². The van der Waals surface area contributed by atoms with Crippen molar-refractivity contribution in [3.63, 3.8) is 0 Å². The van der Waals surface area contributed by atoms with E-state index in [0.717, 1.165) is 11.1 Å². The average Bonchev–Trinajstić information content (AvgIpc) is 3.23. The lowest BCUT2D eigenvalue weighted by atomic mass is 9.96. The summed E-state index contributed by atoms with van der Waals surface area (Å²) in [4.78, 5) is 25.7. The van der Waals surface area contributed by atoms with Crippen LogP contribution in [0.1, 0.15) is 59.7 Å². The van der Waals surface area contributed by atoms with Crippen LogP contribution in [0.3, 0.4) is 0 Å². The van der Waals surface area contributed by atoms with Crippen LogP contribution in [0.4, 0.5) is 8.78 Å². The lowest BCUT2D eigenvalue weighted by molar-refractivity contribution is 0.0717. The molecule has 0 saturated carbocycles. The second-order valence-corrected chi connectivity index (χ2v) is 13.3. The third kappa shape index (κ3) is 10.3. The van der Waals surface area contributed by atoms with Gasteiger partial charge in [-0.25, -0.2) is 18.4 Å². The van der Waals surface area contributed by atoms with E-state index in [2.05, 4.69) is 15.9 Å². The Balaban J connectivity index is 0.000000218. The van der Waals surface area contributed by atoms with Crippen molar-refractivity contribution in [1.29, 1.82) is 0 Å². The SMILES string of the molecule is Cc1c(F)c(CO)c(Br)c(OCc2ccccc2)c1C(=O)Oc1ccccc1.Cc1c(F)c(CO)c(CO)c(OCc2ccccc2)c1C(=O)Oc1ccccc1. The Morgan fingerprint density at radius 1 is 0.526 bits per heavy atom. The standard InChI is InChI=1S/C23H21FO5.C22H18BrFO4/c1-15-20(23(27)29-17-10-6-3-7-11-17)22(19(13-26)18(12-25)21(15)24)28-14-16-8-4-2-5-9-16;1-14-18(22(26)28-16-10-6-3-7-11-16)21(19(23)17(12-25)20(14)24)27-13-15-8-4-2-5-9-15/h2-11,25-26H,12-14H2,1H3;2-11,25H,12-13H2,1H3. The largest absolute Gasteiger partial charge is 0.488 e. The van der Waals surface area contributed by atoms with E-state index in [1.165, 1.54) is 13.8 Å². The van der Waals surface area contributed by atoms with Crippen LogP contribution in [0.15, 0.2) is 126 Å². The van der Waals surface area contributed by atoms with Crippen LogP contribution in [0.2, 0.25) is 0 Å². The molecule has 9 nitrogen and oxygen atoms in total. The lowest BCUT2D eigenvalue weighted by Gasteiger charge is -2.20. The smallest absolute Gasteiger partial charge is 0.347 e. The van der Waals surface area contributed by atoms with Crippen LogP contribution < -0.4 is 18.9 Å². The van der Waals surface area contributed by atoms with Gasteiger partial charge in [0.25, 0.3) is 0 Å². The summed E-state index contributed by atoms with van der Waals surface area (Å²) in [7, 11) is 0. The van der Waals surface area contributed by atoms with E-state index in [4.69, 9.17) is 18.9 Å². The van der Waals surface area contributed by atoms with Crippen molar-refractivity contribution in [3.05, 3.63) is 188 Å². The maximum atomic E-state index is 14.8. The van der Waals surface area contributed by atoms with Gasteiger partial charge in [0, 0.05) is 27.8 Å². The number of ether oxygens (including phenoxy) is 4. The number of benzene rings is 6. The number of halogens is 3. The van der Waals surface area contributed by atoms with Crippen molar-refractivity contribution < 1.29 is 52.6 Å². The number of carbonyl (C=O) groups is 2. The highest BCUT2D eigenvalue weighted by atomic mass is 79.9. The van der Waals surface area contributed by atoms with E-state index < -0.39 is 43.4 Å². The van der Waals surface area contributed by atoms with Crippen LogP contribution in [0, 0.1) is 25.5 Å². The second kappa shape index (κ2) is 20.3. The summed E-state index contributed by atoms with van der Waals surface area (Å²) in [5, 5.41) is 29.0. The molecule has 0 aliphatic rings. The van der Waals surface area contributed by atoms with E-state index in [-0.39, 0.29) is 68.1 Å². The number of hydrogen-bond donors (Lipinski definition) is 3. The molecule has 6 aromatic carbocycles. The minimum Gasteiger partial charge on any atom is -0.488 e.